The highest BCUT2D eigenvalue weighted by atomic mass is 19.4. The Labute approximate surface area is 277 Å². The van der Waals surface area contributed by atoms with Crippen molar-refractivity contribution in [3.8, 4) is 22.7 Å². The number of nitrogens with zero attached hydrogens (tertiary/aromatic N) is 5. The Morgan fingerprint density at radius 2 is 1.59 bits per heavy atom. The Morgan fingerprint density at radius 3 is 2.16 bits per heavy atom. The Kier molecular flexibility index (Phi) is 9.75. The lowest BCUT2D eigenvalue weighted by molar-refractivity contribution is -0.137. The van der Waals surface area contributed by atoms with E-state index in [1.54, 1.807) is 36.5 Å². The summed E-state index contributed by atoms with van der Waals surface area (Å²) in [6.07, 6.45) is -0.246. The molecule has 3 N–H and O–H groups in total. The van der Waals surface area contributed by atoms with E-state index in [9.17, 15) is 27.6 Å². The summed E-state index contributed by atoms with van der Waals surface area (Å²) in [5.74, 6) is -2.04. The van der Waals surface area contributed by atoms with Crippen LogP contribution in [0.3, 0.4) is 0 Å². The Balaban J connectivity index is 0.000000523. The molecule has 256 valence electrons. The fraction of sp³-hybridized carbons (Fsp3) is 0.265. The number of imidazole rings is 1. The fourth-order valence-electron chi connectivity index (χ4n) is 5.92. The van der Waals surface area contributed by atoms with Gasteiger partial charge in [0.25, 0.3) is 0 Å². The van der Waals surface area contributed by atoms with Gasteiger partial charge in [-0.15, -0.1) is 0 Å². The van der Waals surface area contributed by atoms with Gasteiger partial charge in [0, 0.05) is 73.3 Å². The van der Waals surface area contributed by atoms with Crippen LogP contribution in [0.2, 0.25) is 0 Å². The zero-order chi connectivity index (χ0) is 35.6. The van der Waals surface area contributed by atoms with E-state index in [4.69, 9.17) is 14.9 Å². The molecule has 1 saturated heterocycles. The number of alkyl halides is 3. The lowest BCUT2D eigenvalue weighted by atomic mass is 10.0. The van der Waals surface area contributed by atoms with Gasteiger partial charge in [0.15, 0.2) is 0 Å². The number of aromatic nitrogens is 4. The highest BCUT2D eigenvalue weighted by Crippen LogP contribution is 2.39. The summed E-state index contributed by atoms with van der Waals surface area (Å²) in [5.41, 5.74) is 2.24. The van der Waals surface area contributed by atoms with Crippen LogP contribution in [0.5, 0.6) is 5.88 Å². The Bertz CT molecular complexity index is 2100. The third-order valence-electron chi connectivity index (χ3n) is 7.97. The van der Waals surface area contributed by atoms with Crippen LogP contribution < -0.4 is 20.6 Å². The Hall–Kier alpha value is -5.70. The van der Waals surface area contributed by atoms with Crippen molar-refractivity contribution in [3.05, 3.63) is 89.1 Å². The summed E-state index contributed by atoms with van der Waals surface area (Å²) in [6.45, 7) is 4.80. The summed E-state index contributed by atoms with van der Waals surface area (Å²) in [5, 5.41) is 19.6. The fourth-order valence-corrected chi connectivity index (χ4v) is 5.92. The topological polar surface area (TPSA) is 152 Å². The lowest BCUT2D eigenvalue weighted by Gasteiger charge is -2.38. The average Bonchev–Trinajstić information content (AvgIpc) is 3.32. The molecular formula is C34H33F3N6O6. The number of pyridine rings is 2. The number of aryl methyl sites for hydroxylation is 1. The normalized spacial score (nSPS) is 16.5. The van der Waals surface area contributed by atoms with Crippen LogP contribution in [0.1, 0.15) is 19.4 Å². The number of halogens is 3. The average molecular weight is 679 g/mol. The van der Waals surface area contributed by atoms with Gasteiger partial charge in [-0.1, -0.05) is 6.07 Å². The van der Waals surface area contributed by atoms with Crippen molar-refractivity contribution in [2.24, 2.45) is 7.05 Å². The van der Waals surface area contributed by atoms with Crippen molar-refractivity contribution < 1.29 is 37.7 Å². The van der Waals surface area contributed by atoms with Gasteiger partial charge in [0.2, 0.25) is 5.88 Å². The molecule has 2 unspecified atom stereocenters. The quantitative estimate of drug-likeness (QED) is 0.212. The first kappa shape index (κ1) is 34.6. The zero-order valence-corrected chi connectivity index (χ0v) is 26.9. The molecule has 3 aromatic heterocycles. The van der Waals surface area contributed by atoms with Gasteiger partial charge in [-0.05, 0) is 55.8 Å². The minimum atomic E-state index is -4.62. The molecule has 0 saturated carbocycles. The monoisotopic (exact) mass is 678 g/mol. The maximum absolute atomic E-state index is 14.5. The highest BCUT2D eigenvalue weighted by molar-refractivity contribution is 6.04. The van der Waals surface area contributed by atoms with E-state index in [-0.39, 0.29) is 23.5 Å². The van der Waals surface area contributed by atoms with Crippen molar-refractivity contribution in [3.63, 3.8) is 0 Å². The molecule has 0 amide bonds. The van der Waals surface area contributed by atoms with Crippen LogP contribution in [0, 0.1) is 0 Å². The number of ether oxygens (including phenoxy) is 1. The number of carboxylic acids is 2. The van der Waals surface area contributed by atoms with E-state index in [0.717, 1.165) is 17.2 Å². The van der Waals surface area contributed by atoms with E-state index in [1.807, 2.05) is 38.1 Å². The van der Waals surface area contributed by atoms with Gasteiger partial charge < -0.3 is 25.2 Å². The molecule has 4 heterocycles. The van der Waals surface area contributed by atoms with Crippen LogP contribution in [0.4, 0.5) is 18.9 Å². The maximum Gasteiger partial charge on any atom is 0.418 e. The number of aliphatic carboxylic acids is 2. The SMILES string of the molecule is COc1ccc(-c2ccc3ncc4c(c3c2)n(-c2ccc(N3CC(C)NC(C)C3)c(C(F)(F)F)c2)c(=O)n4C)cn1.O=C(O)C=CC(=O)O. The van der Waals surface area contributed by atoms with Crippen molar-refractivity contribution in [2.75, 3.05) is 25.1 Å². The standard InChI is InChI=1S/C30H29F3N6O2.C4H4O4/c1-17-15-38(16-18(2)36-17)25-9-7-21(12-23(25)30(31,32)33)39-28-22-11-19(20-6-10-27(41-4)35-13-20)5-8-24(22)34-14-26(28)37(3)29(39)40;5-3(6)1-2-4(7)8/h5-14,17-18,36H,15-16H2,1-4H3;1-2H,(H,5,6)(H,7,8). The zero-order valence-electron chi connectivity index (χ0n) is 26.9. The first-order valence-electron chi connectivity index (χ1n) is 15.0. The molecule has 6 rings (SSSR count). The van der Waals surface area contributed by atoms with Gasteiger partial charge in [-0.3, -0.25) is 14.1 Å². The number of carboxylic acid groups (broad SMARTS) is 2. The van der Waals surface area contributed by atoms with Gasteiger partial charge in [0.05, 0.1) is 41.1 Å². The number of carbonyl (C=O) groups is 2. The number of hydrogen-bond acceptors (Lipinski definition) is 8. The number of hydrogen-bond donors (Lipinski definition) is 3. The van der Waals surface area contributed by atoms with Crippen LogP contribution in [-0.4, -0.2) is 73.5 Å². The molecule has 2 atom stereocenters. The molecule has 1 aliphatic heterocycles. The number of piperazine rings is 1. The number of fused-ring (bicyclic) bond motifs is 3. The van der Waals surface area contributed by atoms with E-state index >= 15 is 0 Å². The van der Waals surface area contributed by atoms with Gasteiger partial charge in [-0.2, -0.15) is 13.2 Å². The summed E-state index contributed by atoms with van der Waals surface area (Å²) < 4.78 is 51.4. The number of benzene rings is 2. The molecule has 1 aliphatic rings. The lowest BCUT2D eigenvalue weighted by Crippen LogP contribution is -2.54. The van der Waals surface area contributed by atoms with Crippen LogP contribution in [-0.2, 0) is 22.8 Å². The van der Waals surface area contributed by atoms with Crippen LogP contribution in [0.25, 0.3) is 38.8 Å². The predicted octanol–water partition coefficient (Wildman–Crippen LogP) is 4.87. The first-order valence-corrected chi connectivity index (χ1v) is 15.0. The molecule has 49 heavy (non-hydrogen) atoms. The minimum Gasteiger partial charge on any atom is -0.481 e. The molecular weight excluding hydrogens is 645 g/mol. The van der Waals surface area contributed by atoms with Crippen LogP contribution in [0.15, 0.2) is 77.9 Å². The third kappa shape index (κ3) is 7.41. The van der Waals surface area contributed by atoms with Gasteiger partial charge >= 0.3 is 23.8 Å². The van der Waals surface area contributed by atoms with E-state index in [0.29, 0.717) is 53.1 Å². The second-order valence-electron chi connectivity index (χ2n) is 11.6. The second-order valence-corrected chi connectivity index (χ2v) is 11.6. The number of rotatable bonds is 6. The molecule has 0 radical (unpaired) electrons. The Morgan fingerprint density at radius 1 is 0.939 bits per heavy atom. The summed E-state index contributed by atoms with van der Waals surface area (Å²) in [6, 6.07) is 13.4. The summed E-state index contributed by atoms with van der Waals surface area (Å²) in [4.78, 5) is 43.2. The molecule has 0 bridgehead atoms. The van der Waals surface area contributed by atoms with E-state index < -0.39 is 29.4 Å². The molecule has 2 aromatic carbocycles. The van der Waals surface area contributed by atoms with E-state index in [1.165, 1.54) is 22.3 Å². The summed E-state index contributed by atoms with van der Waals surface area (Å²) >= 11 is 0. The summed E-state index contributed by atoms with van der Waals surface area (Å²) in [7, 11) is 3.13. The third-order valence-corrected chi connectivity index (χ3v) is 7.97. The smallest absolute Gasteiger partial charge is 0.418 e. The van der Waals surface area contributed by atoms with E-state index in [2.05, 4.69) is 15.3 Å². The number of nitrogens with one attached hydrogen (secondary N) is 1. The largest absolute Gasteiger partial charge is 0.481 e. The van der Waals surface area contributed by atoms with Crippen molar-refractivity contribution in [1.82, 2.24) is 24.4 Å². The predicted molar refractivity (Wildman–Crippen MR) is 177 cm³/mol. The van der Waals surface area contributed by atoms with Gasteiger partial charge in [-0.25, -0.2) is 19.4 Å². The molecule has 0 spiro atoms. The highest BCUT2D eigenvalue weighted by Gasteiger charge is 2.37. The molecule has 15 heteroatoms. The van der Waals surface area contributed by atoms with Crippen molar-refractivity contribution in [2.45, 2.75) is 32.1 Å². The number of methoxy groups -OCH3 is 1. The molecule has 0 aliphatic carbocycles. The van der Waals surface area contributed by atoms with Gasteiger partial charge in [0.1, 0.15) is 0 Å². The first-order chi connectivity index (χ1) is 23.2. The molecule has 12 nitrogen and oxygen atoms in total. The molecule has 5 aromatic rings. The van der Waals surface area contributed by atoms with Crippen molar-refractivity contribution >= 4 is 39.6 Å². The second kappa shape index (κ2) is 13.8. The molecule has 1 fully saturated rings. The number of anilines is 1. The minimum absolute atomic E-state index is 0.0363. The van der Waals surface area contributed by atoms with Crippen molar-refractivity contribution in [1.29, 1.82) is 0 Å². The van der Waals surface area contributed by atoms with Crippen LogP contribution >= 0.6 is 0 Å². The maximum atomic E-state index is 14.5.